The number of carboxylic acid groups (broad SMARTS) is 1. The van der Waals surface area contributed by atoms with Crippen LogP contribution in [0.15, 0.2) is 6.07 Å². The number of hydrogen-bond acceptors (Lipinski definition) is 4. The van der Waals surface area contributed by atoms with Gasteiger partial charge in [0.2, 0.25) is 5.75 Å². The van der Waals surface area contributed by atoms with Gasteiger partial charge in [-0.1, -0.05) is 0 Å². The number of carbonyl (C=O) groups is 1. The van der Waals surface area contributed by atoms with Gasteiger partial charge in [0.1, 0.15) is 5.56 Å². The first-order chi connectivity index (χ1) is 5.95. The molecule has 0 heterocycles. The summed E-state index contributed by atoms with van der Waals surface area (Å²) in [6.07, 6.45) is 0. The minimum Gasteiger partial charge on any atom is -0.504 e. The fourth-order valence-corrected chi connectivity index (χ4v) is 0.777. The molecule has 4 N–H and O–H groups in total. The fourth-order valence-electron chi connectivity index (χ4n) is 0.777. The first kappa shape index (κ1) is 12.8. The molecule has 0 spiro atoms. The molecule has 0 aromatic heterocycles. The molecule has 1 aromatic carbocycles. The number of rotatable bonds is 1. The average Bonchev–Trinajstić information content (AvgIpc) is 2.07. The smallest absolute Gasteiger partial charge is 0.338 e. The number of aromatic carboxylic acids is 1. The average molecular weight is 296 g/mol. The summed E-state index contributed by atoms with van der Waals surface area (Å²) >= 11 is 0. The zero-order valence-corrected chi connectivity index (χ0v) is 7.94. The molecule has 1 rings (SSSR count). The molecule has 0 bridgehead atoms. The van der Waals surface area contributed by atoms with Gasteiger partial charge in [-0.05, 0) is 0 Å². The van der Waals surface area contributed by atoms with Crippen molar-refractivity contribution < 1.29 is 52.0 Å². The second-order valence-electron chi connectivity index (χ2n) is 2.26. The maximum atomic E-state index is 12.8. The van der Waals surface area contributed by atoms with Crippen LogP contribution in [-0.4, -0.2) is 26.4 Å². The van der Waals surface area contributed by atoms with E-state index in [1.54, 1.807) is 0 Å². The van der Waals surface area contributed by atoms with Gasteiger partial charge in [-0.2, -0.15) is 0 Å². The summed E-state index contributed by atoms with van der Waals surface area (Å²) in [4.78, 5) is 10.3. The Balaban J connectivity index is 0.00000169. The Bertz CT molecular complexity index is 379. The van der Waals surface area contributed by atoms with E-state index in [9.17, 15) is 9.18 Å². The van der Waals surface area contributed by atoms with Crippen molar-refractivity contribution in [1.82, 2.24) is 0 Å². The summed E-state index contributed by atoms with van der Waals surface area (Å²) in [5.74, 6) is -6.39. The van der Waals surface area contributed by atoms with Crippen molar-refractivity contribution in [2.24, 2.45) is 0 Å². The van der Waals surface area contributed by atoms with Crippen LogP contribution < -0.4 is 0 Å². The first-order valence-corrected chi connectivity index (χ1v) is 3.11. The van der Waals surface area contributed by atoms with Crippen molar-refractivity contribution in [1.29, 1.82) is 0 Å². The van der Waals surface area contributed by atoms with Gasteiger partial charge in [0.15, 0.2) is 17.3 Å². The number of phenolic OH excluding ortho intramolecular Hbond substituents is 3. The maximum Gasteiger partial charge on any atom is 0.338 e. The molecular weight excluding hydrogens is 291 g/mol. The van der Waals surface area contributed by atoms with Crippen molar-refractivity contribution in [2.75, 3.05) is 0 Å². The monoisotopic (exact) mass is 295 g/mol. The molecule has 0 aliphatic heterocycles. The largest absolute Gasteiger partial charge is 0.504 e. The van der Waals surface area contributed by atoms with Crippen LogP contribution >= 0.6 is 0 Å². The Labute approximate surface area is 92.9 Å². The summed E-state index contributed by atoms with van der Waals surface area (Å²) < 4.78 is 12.8. The van der Waals surface area contributed by atoms with E-state index in [1.165, 1.54) is 0 Å². The predicted molar refractivity (Wildman–Crippen MR) is 38.4 cm³/mol. The van der Waals surface area contributed by atoms with Gasteiger partial charge >= 0.3 is 5.97 Å². The van der Waals surface area contributed by atoms with Crippen molar-refractivity contribution >= 4 is 5.97 Å². The molecule has 1 aromatic rings. The molecule has 81 valence electrons. The van der Waals surface area contributed by atoms with Gasteiger partial charge in [-0.15, -0.1) is 0 Å². The van der Waals surface area contributed by atoms with Crippen LogP contribution in [0.1, 0.15) is 10.4 Å². The molecule has 0 aliphatic rings. The second-order valence-corrected chi connectivity index (χ2v) is 2.26. The Hall–Kier alpha value is -1.24. The minimum atomic E-state index is -1.65. The topological polar surface area (TPSA) is 98.0 Å². The molecule has 5 nitrogen and oxygen atoms in total. The summed E-state index contributed by atoms with van der Waals surface area (Å²) in [5, 5.41) is 34.7. The summed E-state index contributed by atoms with van der Waals surface area (Å²) in [6.45, 7) is 0. The van der Waals surface area contributed by atoms with E-state index in [0.717, 1.165) is 0 Å². The minimum absolute atomic E-state index is 0. The Morgan fingerprint density at radius 2 is 1.71 bits per heavy atom. The maximum absolute atomic E-state index is 12.8. The zero-order valence-electron chi connectivity index (χ0n) is 6.45. The number of hydrogen-bond donors (Lipinski definition) is 4. The van der Waals surface area contributed by atoms with E-state index in [1.807, 2.05) is 0 Å². The molecule has 1 radical (unpaired) electrons. The number of phenols is 3. The van der Waals surface area contributed by atoms with Crippen molar-refractivity contribution in [2.45, 2.75) is 0 Å². The number of aromatic hydroxyl groups is 3. The number of benzene rings is 1. The van der Waals surface area contributed by atoms with Gasteiger partial charge in [-0.25, -0.2) is 9.18 Å². The molecule has 7 heteroatoms. The van der Waals surface area contributed by atoms with E-state index in [2.05, 4.69) is 0 Å². The fraction of sp³-hybridized carbons (Fsp3) is 0. The van der Waals surface area contributed by atoms with Crippen molar-refractivity contribution in [3.05, 3.63) is 17.4 Å². The predicted octanol–water partition coefficient (Wildman–Crippen LogP) is 0.638. The normalized spacial score (nSPS) is 9.21. The van der Waals surface area contributed by atoms with E-state index in [0.29, 0.717) is 6.07 Å². The van der Waals surface area contributed by atoms with Crippen LogP contribution in [-0.2, 0) is 22.4 Å². The van der Waals surface area contributed by atoms with Crippen molar-refractivity contribution in [3.8, 4) is 17.2 Å². The summed E-state index contributed by atoms with van der Waals surface area (Å²) in [5.41, 5.74) is -0.909. The molecule has 0 atom stereocenters. The van der Waals surface area contributed by atoms with Crippen LogP contribution in [0.3, 0.4) is 0 Å². The van der Waals surface area contributed by atoms with Gasteiger partial charge in [0.05, 0.1) is 0 Å². The van der Waals surface area contributed by atoms with Crippen LogP contribution in [0.4, 0.5) is 4.39 Å². The van der Waals surface area contributed by atoms with Crippen LogP contribution in [0, 0.1) is 5.82 Å². The van der Waals surface area contributed by atoms with Gasteiger partial charge in [0.25, 0.3) is 0 Å². The van der Waals surface area contributed by atoms with Gasteiger partial charge < -0.3 is 20.4 Å². The molecule has 0 saturated heterocycles. The first-order valence-electron chi connectivity index (χ1n) is 3.11. The van der Waals surface area contributed by atoms with Crippen LogP contribution in [0.2, 0.25) is 0 Å². The molecule has 0 amide bonds. The Morgan fingerprint density at radius 1 is 1.21 bits per heavy atom. The van der Waals surface area contributed by atoms with E-state index < -0.39 is 34.6 Å². The molecular formula is C7H5AgFO5. The Morgan fingerprint density at radius 3 is 2.14 bits per heavy atom. The molecule has 0 aliphatic carbocycles. The standard InChI is InChI=1S/C7H5FO5.Ag/c8-4-2(7(12)13)1-3(9)5(10)6(4)11;/h1,9-11H,(H,12,13);. The van der Waals surface area contributed by atoms with E-state index >= 15 is 0 Å². The van der Waals surface area contributed by atoms with Crippen LogP contribution in [0.5, 0.6) is 17.2 Å². The van der Waals surface area contributed by atoms with Gasteiger partial charge in [0, 0.05) is 28.4 Å². The van der Waals surface area contributed by atoms with Gasteiger partial charge in [-0.3, -0.25) is 0 Å². The van der Waals surface area contributed by atoms with Crippen molar-refractivity contribution in [3.63, 3.8) is 0 Å². The second kappa shape index (κ2) is 4.32. The third-order valence-corrected chi connectivity index (χ3v) is 1.42. The summed E-state index contributed by atoms with van der Waals surface area (Å²) in [7, 11) is 0. The number of halogens is 1. The molecule has 0 saturated carbocycles. The zero-order chi connectivity index (χ0) is 10.2. The third kappa shape index (κ3) is 1.98. The molecule has 0 fully saturated rings. The quantitative estimate of drug-likeness (QED) is 0.450. The van der Waals surface area contributed by atoms with E-state index in [4.69, 9.17) is 20.4 Å². The Kier molecular flexibility index (Phi) is 3.93. The SMILES string of the molecule is O=C(O)c1cc(O)c(O)c(O)c1F.[Ag]. The molecule has 14 heavy (non-hydrogen) atoms. The van der Waals surface area contributed by atoms with Crippen LogP contribution in [0.25, 0.3) is 0 Å². The van der Waals surface area contributed by atoms with E-state index in [-0.39, 0.29) is 22.4 Å². The summed E-state index contributed by atoms with van der Waals surface area (Å²) in [6, 6.07) is 0.507. The third-order valence-electron chi connectivity index (χ3n) is 1.42. The molecule has 0 unspecified atom stereocenters. The number of carboxylic acids is 1.